The van der Waals surface area contributed by atoms with Crippen LogP contribution in [0.25, 0.3) is 0 Å². The summed E-state index contributed by atoms with van der Waals surface area (Å²) in [5.41, 5.74) is 2.27. The van der Waals surface area contributed by atoms with Gasteiger partial charge in [0, 0.05) is 24.7 Å². The molecule has 0 bridgehead atoms. The summed E-state index contributed by atoms with van der Waals surface area (Å²) in [4.78, 5) is 11.9. The van der Waals surface area contributed by atoms with E-state index in [0.29, 0.717) is 12.3 Å². The Hall–Kier alpha value is -1.77. The number of hydrogen-bond donors (Lipinski definition) is 1. The number of ketones is 1. The quantitative estimate of drug-likeness (QED) is 0.894. The van der Waals surface area contributed by atoms with Gasteiger partial charge in [-0.05, 0) is 36.0 Å². The van der Waals surface area contributed by atoms with Crippen LogP contribution in [-0.4, -0.2) is 19.4 Å². The molecule has 0 saturated carbocycles. The Bertz CT molecular complexity index is 488. The number of hydrogen-bond acceptors (Lipinski definition) is 3. The van der Waals surface area contributed by atoms with Gasteiger partial charge in [0.2, 0.25) is 0 Å². The average molecular weight is 273 g/mol. The predicted molar refractivity (Wildman–Crippen MR) is 80.9 cm³/mol. The molecule has 20 heavy (non-hydrogen) atoms. The Morgan fingerprint density at radius 2 is 1.95 bits per heavy atom. The van der Waals surface area contributed by atoms with Gasteiger partial charge in [0.25, 0.3) is 0 Å². The summed E-state index contributed by atoms with van der Waals surface area (Å²) in [5, 5.41) is 3.39. The molecule has 0 unspecified atom stereocenters. The molecule has 0 fully saturated rings. The number of nitrogens with one attached hydrogen (secondary N) is 1. The van der Waals surface area contributed by atoms with E-state index >= 15 is 0 Å². The summed E-state index contributed by atoms with van der Waals surface area (Å²) in [6, 6.07) is 8.03. The molecule has 2 rings (SSSR count). The molecule has 108 valence electrons. The normalized spacial score (nSPS) is 18.9. The van der Waals surface area contributed by atoms with Gasteiger partial charge in [-0.15, -0.1) is 0 Å². The molecule has 1 aromatic rings. The molecule has 1 aliphatic carbocycles. The van der Waals surface area contributed by atoms with Gasteiger partial charge in [-0.1, -0.05) is 26.0 Å². The molecule has 3 nitrogen and oxygen atoms in total. The largest absolute Gasteiger partial charge is 0.497 e. The van der Waals surface area contributed by atoms with Crippen molar-refractivity contribution in [2.24, 2.45) is 5.92 Å². The summed E-state index contributed by atoms with van der Waals surface area (Å²) < 4.78 is 5.17. The molecule has 1 atom stereocenters. The zero-order chi connectivity index (χ0) is 14.5. The van der Waals surface area contributed by atoms with Crippen molar-refractivity contribution in [3.63, 3.8) is 0 Å². The Kier molecular flexibility index (Phi) is 4.83. The standard InChI is InChI=1S/C17H23NO2/c1-12(2)11-18-15-8-14(9-16(19)10-15)13-4-6-17(20-3)7-5-13/h4-7,10,12,14,18H,8-9,11H2,1-3H3/t14-/m0/s1. The molecule has 0 radical (unpaired) electrons. The van der Waals surface area contributed by atoms with Crippen molar-refractivity contribution in [2.75, 3.05) is 13.7 Å². The number of ether oxygens (including phenoxy) is 1. The van der Waals surface area contributed by atoms with Gasteiger partial charge in [-0.2, -0.15) is 0 Å². The summed E-state index contributed by atoms with van der Waals surface area (Å²) in [6.45, 7) is 5.24. The highest BCUT2D eigenvalue weighted by Crippen LogP contribution is 2.31. The SMILES string of the molecule is COc1ccc([C@@H]2CC(=O)C=C(NCC(C)C)C2)cc1. The summed E-state index contributed by atoms with van der Waals surface area (Å²) in [6.07, 6.45) is 3.27. The lowest BCUT2D eigenvalue weighted by Crippen LogP contribution is -2.25. The third-order valence-corrected chi connectivity index (χ3v) is 3.57. The van der Waals surface area contributed by atoms with Gasteiger partial charge in [-0.3, -0.25) is 4.79 Å². The minimum absolute atomic E-state index is 0.211. The highest BCUT2D eigenvalue weighted by Gasteiger charge is 2.22. The minimum Gasteiger partial charge on any atom is -0.497 e. The maximum atomic E-state index is 11.9. The highest BCUT2D eigenvalue weighted by atomic mass is 16.5. The second-order valence-corrected chi connectivity index (χ2v) is 5.79. The fourth-order valence-corrected chi connectivity index (χ4v) is 2.46. The first-order valence-electron chi connectivity index (χ1n) is 7.19. The Morgan fingerprint density at radius 1 is 1.25 bits per heavy atom. The van der Waals surface area contributed by atoms with Crippen LogP contribution in [-0.2, 0) is 4.79 Å². The lowest BCUT2D eigenvalue weighted by atomic mass is 9.85. The molecular formula is C17H23NO2. The van der Waals surface area contributed by atoms with Gasteiger partial charge >= 0.3 is 0 Å². The number of carbonyl (C=O) groups excluding carboxylic acids is 1. The Balaban J connectivity index is 2.06. The van der Waals surface area contributed by atoms with Crippen LogP contribution in [0.2, 0.25) is 0 Å². The highest BCUT2D eigenvalue weighted by molar-refractivity contribution is 5.91. The van der Waals surface area contributed by atoms with Crippen molar-refractivity contribution in [2.45, 2.75) is 32.6 Å². The number of benzene rings is 1. The van der Waals surface area contributed by atoms with Crippen LogP contribution in [0.15, 0.2) is 36.0 Å². The first-order chi connectivity index (χ1) is 9.58. The maximum absolute atomic E-state index is 11.9. The fraction of sp³-hybridized carbons (Fsp3) is 0.471. The molecule has 0 aromatic heterocycles. The number of allylic oxidation sites excluding steroid dienone is 2. The minimum atomic E-state index is 0.211. The summed E-state index contributed by atoms with van der Waals surface area (Å²) in [7, 11) is 1.66. The molecule has 3 heteroatoms. The number of rotatable bonds is 5. The van der Waals surface area contributed by atoms with Gasteiger partial charge in [0.1, 0.15) is 5.75 Å². The Morgan fingerprint density at radius 3 is 2.55 bits per heavy atom. The molecule has 1 aromatic carbocycles. The zero-order valence-corrected chi connectivity index (χ0v) is 12.5. The molecular weight excluding hydrogens is 250 g/mol. The Labute approximate surface area is 121 Å². The van der Waals surface area contributed by atoms with E-state index < -0.39 is 0 Å². The van der Waals surface area contributed by atoms with Crippen LogP contribution >= 0.6 is 0 Å². The summed E-state index contributed by atoms with van der Waals surface area (Å²) in [5.74, 6) is 1.91. The fourth-order valence-electron chi connectivity index (χ4n) is 2.46. The van der Waals surface area contributed by atoms with E-state index in [1.54, 1.807) is 13.2 Å². The molecule has 0 heterocycles. The third-order valence-electron chi connectivity index (χ3n) is 3.57. The van der Waals surface area contributed by atoms with E-state index in [-0.39, 0.29) is 11.7 Å². The van der Waals surface area contributed by atoms with Crippen molar-refractivity contribution in [3.05, 3.63) is 41.6 Å². The van der Waals surface area contributed by atoms with Crippen molar-refractivity contribution in [1.82, 2.24) is 5.32 Å². The van der Waals surface area contributed by atoms with Crippen LogP contribution in [0, 0.1) is 5.92 Å². The van der Waals surface area contributed by atoms with Crippen LogP contribution in [0.3, 0.4) is 0 Å². The van der Waals surface area contributed by atoms with Crippen molar-refractivity contribution in [1.29, 1.82) is 0 Å². The van der Waals surface area contributed by atoms with E-state index in [2.05, 4.69) is 31.3 Å². The zero-order valence-electron chi connectivity index (χ0n) is 12.5. The van der Waals surface area contributed by atoms with E-state index in [4.69, 9.17) is 4.74 Å². The monoisotopic (exact) mass is 273 g/mol. The first kappa shape index (κ1) is 14.6. The number of methoxy groups -OCH3 is 1. The lowest BCUT2D eigenvalue weighted by Gasteiger charge is -2.24. The predicted octanol–water partition coefficient (Wildman–Crippen LogP) is 3.27. The van der Waals surface area contributed by atoms with Crippen molar-refractivity contribution >= 4 is 5.78 Å². The van der Waals surface area contributed by atoms with Crippen LogP contribution < -0.4 is 10.1 Å². The second kappa shape index (κ2) is 6.60. The molecule has 0 spiro atoms. The third kappa shape index (κ3) is 3.86. The van der Waals surface area contributed by atoms with Gasteiger partial charge < -0.3 is 10.1 Å². The van der Waals surface area contributed by atoms with Crippen molar-refractivity contribution < 1.29 is 9.53 Å². The van der Waals surface area contributed by atoms with Crippen LogP contribution in [0.1, 0.15) is 38.2 Å². The molecule has 1 aliphatic rings. The topological polar surface area (TPSA) is 38.3 Å². The van der Waals surface area contributed by atoms with Crippen LogP contribution in [0.5, 0.6) is 5.75 Å². The molecule has 0 saturated heterocycles. The van der Waals surface area contributed by atoms with E-state index in [9.17, 15) is 4.79 Å². The maximum Gasteiger partial charge on any atom is 0.158 e. The second-order valence-electron chi connectivity index (χ2n) is 5.79. The van der Waals surface area contributed by atoms with Gasteiger partial charge in [0.05, 0.1) is 7.11 Å². The molecule has 0 aliphatic heterocycles. The van der Waals surface area contributed by atoms with Crippen molar-refractivity contribution in [3.8, 4) is 5.75 Å². The van der Waals surface area contributed by atoms with Gasteiger partial charge in [0.15, 0.2) is 5.78 Å². The van der Waals surface area contributed by atoms with Crippen LogP contribution in [0.4, 0.5) is 0 Å². The van der Waals surface area contributed by atoms with E-state index in [1.807, 2.05) is 12.1 Å². The first-order valence-corrected chi connectivity index (χ1v) is 7.19. The summed E-state index contributed by atoms with van der Waals surface area (Å²) >= 11 is 0. The van der Waals surface area contributed by atoms with E-state index in [1.165, 1.54) is 5.56 Å². The lowest BCUT2D eigenvalue weighted by molar-refractivity contribution is -0.115. The average Bonchev–Trinajstić information content (AvgIpc) is 2.44. The smallest absolute Gasteiger partial charge is 0.158 e. The molecule has 0 amide bonds. The number of carbonyl (C=O) groups is 1. The van der Waals surface area contributed by atoms with E-state index in [0.717, 1.165) is 24.4 Å². The van der Waals surface area contributed by atoms with Gasteiger partial charge in [-0.25, -0.2) is 0 Å². The molecule has 1 N–H and O–H groups in total.